The standard InChI is InChI=1S/C10H9Cl2N5O/c1-17(10(18)9-13-15-16-14-9)5-6-2-3-7(11)8(12)4-6/h2-4H,5H2,1H3,(H,13,14,15,16). The van der Waals surface area contributed by atoms with Crippen molar-refractivity contribution in [3.8, 4) is 0 Å². The Morgan fingerprint density at radius 2 is 2.17 bits per heavy atom. The molecule has 94 valence electrons. The Bertz CT molecular complexity index is 557. The van der Waals surface area contributed by atoms with E-state index in [1.165, 1.54) is 4.90 Å². The quantitative estimate of drug-likeness (QED) is 0.933. The molecule has 0 bridgehead atoms. The molecule has 18 heavy (non-hydrogen) atoms. The first-order valence-corrected chi connectivity index (χ1v) is 5.76. The Kier molecular flexibility index (Phi) is 3.78. The summed E-state index contributed by atoms with van der Waals surface area (Å²) >= 11 is 11.7. The van der Waals surface area contributed by atoms with Gasteiger partial charge in [-0.1, -0.05) is 29.3 Å². The average molecular weight is 286 g/mol. The van der Waals surface area contributed by atoms with Crippen molar-refractivity contribution >= 4 is 29.1 Å². The second-order valence-corrected chi connectivity index (χ2v) is 4.46. The third kappa shape index (κ3) is 2.77. The van der Waals surface area contributed by atoms with E-state index in [1.54, 1.807) is 25.2 Å². The van der Waals surface area contributed by atoms with E-state index in [0.717, 1.165) is 5.56 Å². The van der Waals surface area contributed by atoms with Crippen LogP contribution in [0.15, 0.2) is 18.2 Å². The molecule has 0 saturated carbocycles. The van der Waals surface area contributed by atoms with Crippen molar-refractivity contribution < 1.29 is 4.79 Å². The maximum atomic E-state index is 11.8. The van der Waals surface area contributed by atoms with Gasteiger partial charge < -0.3 is 4.90 Å². The van der Waals surface area contributed by atoms with Crippen LogP contribution in [0.3, 0.4) is 0 Å². The third-order valence-corrected chi connectivity index (χ3v) is 3.03. The fourth-order valence-corrected chi connectivity index (χ4v) is 1.73. The van der Waals surface area contributed by atoms with E-state index in [1.807, 2.05) is 0 Å². The first kappa shape index (κ1) is 12.8. The monoisotopic (exact) mass is 285 g/mol. The molecular formula is C10H9Cl2N5O. The number of carbonyl (C=O) groups excluding carboxylic acids is 1. The molecular weight excluding hydrogens is 277 g/mol. The molecule has 1 heterocycles. The van der Waals surface area contributed by atoms with Crippen LogP contribution >= 0.6 is 23.2 Å². The highest BCUT2D eigenvalue weighted by molar-refractivity contribution is 6.42. The van der Waals surface area contributed by atoms with Gasteiger partial charge in [-0.2, -0.15) is 5.21 Å². The summed E-state index contributed by atoms with van der Waals surface area (Å²) in [5.41, 5.74) is 0.865. The minimum absolute atomic E-state index is 0.0255. The predicted molar refractivity (Wildman–Crippen MR) is 66.4 cm³/mol. The van der Waals surface area contributed by atoms with Crippen LogP contribution in [0.25, 0.3) is 0 Å². The van der Waals surface area contributed by atoms with Crippen LogP contribution in [-0.4, -0.2) is 38.5 Å². The lowest BCUT2D eigenvalue weighted by atomic mass is 10.2. The summed E-state index contributed by atoms with van der Waals surface area (Å²) in [4.78, 5) is 13.3. The van der Waals surface area contributed by atoms with Crippen LogP contribution in [0.2, 0.25) is 10.0 Å². The zero-order chi connectivity index (χ0) is 13.1. The van der Waals surface area contributed by atoms with Crippen molar-refractivity contribution in [2.24, 2.45) is 0 Å². The number of hydrogen-bond donors (Lipinski definition) is 1. The van der Waals surface area contributed by atoms with Gasteiger partial charge in [0.05, 0.1) is 10.0 Å². The van der Waals surface area contributed by atoms with E-state index >= 15 is 0 Å². The van der Waals surface area contributed by atoms with Crippen molar-refractivity contribution in [1.82, 2.24) is 25.5 Å². The van der Waals surface area contributed by atoms with Gasteiger partial charge in [0.2, 0.25) is 0 Å². The molecule has 1 N–H and O–H groups in total. The molecule has 2 aromatic rings. The third-order valence-electron chi connectivity index (χ3n) is 2.29. The van der Waals surface area contributed by atoms with Gasteiger partial charge in [-0.3, -0.25) is 4.79 Å². The van der Waals surface area contributed by atoms with E-state index in [0.29, 0.717) is 16.6 Å². The highest BCUT2D eigenvalue weighted by atomic mass is 35.5. The maximum Gasteiger partial charge on any atom is 0.295 e. The molecule has 0 saturated heterocycles. The molecule has 1 amide bonds. The number of nitrogens with zero attached hydrogens (tertiary/aromatic N) is 4. The SMILES string of the molecule is CN(Cc1ccc(Cl)c(Cl)c1)C(=O)c1nn[nH]n1. The predicted octanol–water partition coefficient (Wildman–Crippen LogP) is 1.78. The first-order valence-electron chi connectivity index (χ1n) is 5.01. The van der Waals surface area contributed by atoms with Crippen LogP contribution in [0.5, 0.6) is 0 Å². The summed E-state index contributed by atoms with van der Waals surface area (Å²) in [6.45, 7) is 0.379. The highest BCUT2D eigenvalue weighted by Gasteiger charge is 2.16. The summed E-state index contributed by atoms with van der Waals surface area (Å²) in [5, 5.41) is 13.7. The zero-order valence-electron chi connectivity index (χ0n) is 9.39. The van der Waals surface area contributed by atoms with Gasteiger partial charge in [0.15, 0.2) is 0 Å². The fraction of sp³-hybridized carbons (Fsp3) is 0.200. The molecule has 0 atom stereocenters. The number of tetrazole rings is 1. The van der Waals surface area contributed by atoms with Crippen molar-refractivity contribution in [2.75, 3.05) is 7.05 Å². The maximum absolute atomic E-state index is 11.8. The number of nitrogens with one attached hydrogen (secondary N) is 1. The number of aromatic amines is 1. The lowest BCUT2D eigenvalue weighted by Gasteiger charge is -2.15. The van der Waals surface area contributed by atoms with Crippen molar-refractivity contribution in [3.63, 3.8) is 0 Å². The van der Waals surface area contributed by atoms with Gasteiger partial charge in [0, 0.05) is 13.6 Å². The van der Waals surface area contributed by atoms with Crippen molar-refractivity contribution in [3.05, 3.63) is 39.6 Å². The lowest BCUT2D eigenvalue weighted by molar-refractivity contribution is 0.0773. The largest absolute Gasteiger partial charge is 0.335 e. The molecule has 1 aromatic heterocycles. The van der Waals surface area contributed by atoms with Gasteiger partial charge in [0.25, 0.3) is 11.7 Å². The highest BCUT2D eigenvalue weighted by Crippen LogP contribution is 2.23. The van der Waals surface area contributed by atoms with Crippen LogP contribution in [0.4, 0.5) is 0 Å². The molecule has 6 nitrogen and oxygen atoms in total. The van der Waals surface area contributed by atoms with E-state index < -0.39 is 0 Å². The van der Waals surface area contributed by atoms with Gasteiger partial charge in [0.1, 0.15) is 0 Å². The number of hydrogen-bond acceptors (Lipinski definition) is 4. The van der Waals surface area contributed by atoms with E-state index in [4.69, 9.17) is 23.2 Å². The Morgan fingerprint density at radius 3 is 2.78 bits per heavy atom. The van der Waals surface area contributed by atoms with Crippen molar-refractivity contribution in [2.45, 2.75) is 6.54 Å². The summed E-state index contributed by atoms with van der Waals surface area (Å²) in [6, 6.07) is 5.20. The van der Waals surface area contributed by atoms with Gasteiger partial charge in [-0.05, 0) is 22.9 Å². The van der Waals surface area contributed by atoms with Crippen LogP contribution in [-0.2, 0) is 6.54 Å². The van der Waals surface area contributed by atoms with Crippen LogP contribution in [0.1, 0.15) is 16.2 Å². The van der Waals surface area contributed by atoms with Crippen LogP contribution < -0.4 is 0 Å². The molecule has 0 radical (unpaired) electrons. The smallest absolute Gasteiger partial charge is 0.295 e. The second-order valence-electron chi connectivity index (χ2n) is 3.65. The number of rotatable bonds is 3. The minimum Gasteiger partial charge on any atom is -0.335 e. The zero-order valence-corrected chi connectivity index (χ0v) is 10.9. The number of aromatic nitrogens is 4. The molecule has 1 aromatic carbocycles. The minimum atomic E-state index is -0.324. The Morgan fingerprint density at radius 1 is 1.39 bits per heavy atom. The summed E-state index contributed by atoms with van der Waals surface area (Å²) in [6.07, 6.45) is 0. The second kappa shape index (κ2) is 5.32. The number of amides is 1. The Balaban J connectivity index is 2.09. The molecule has 0 aliphatic rings. The molecule has 0 aliphatic heterocycles. The molecule has 2 rings (SSSR count). The number of benzene rings is 1. The lowest BCUT2D eigenvalue weighted by Crippen LogP contribution is -2.27. The van der Waals surface area contributed by atoms with Crippen molar-refractivity contribution in [1.29, 1.82) is 0 Å². The van der Waals surface area contributed by atoms with Gasteiger partial charge in [-0.15, -0.1) is 10.2 Å². The van der Waals surface area contributed by atoms with E-state index in [9.17, 15) is 4.79 Å². The molecule has 0 spiro atoms. The molecule has 0 unspecified atom stereocenters. The normalized spacial score (nSPS) is 10.4. The summed E-state index contributed by atoms with van der Waals surface area (Å²) in [7, 11) is 1.64. The van der Waals surface area contributed by atoms with Crippen LogP contribution in [0, 0.1) is 0 Å². The topological polar surface area (TPSA) is 74.8 Å². The number of carbonyl (C=O) groups is 1. The van der Waals surface area contributed by atoms with Gasteiger partial charge >= 0.3 is 0 Å². The van der Waals surface area contributed by atoms with E-state index in [-0.39, 0.29) is 11.7 Å². The molecule has 0 aliphatic carbocycles. The summed E-state index contributed by atoms with van der Waals surface area (Å²) in [5.74, 6) is -0.299. The molecule has 0 fully saturated rings. The first-order chi connectivity index (χ1) is 8.58. The van der Waals surface area contributed by atoms with Gasteiger partial charge in [-0.25, -0.2) is 0 Å². The van der Waals surface area contributed by atoms with E-state index in [2.05, 4.69) is 20.6 Å². The number of H-pyrrole nitrogens is 1. The average Bonchev–Trinajstić information content (AvgIpc) is 2.86. The molecule has 8 heteroatoms. The Hall–Kier alpha value is -1.66. The fourth-order valence-electron chi connectivity index (χ4n) is 1.41. The summed E-state index contributed by atoms with van der Waals surface area (Å²) < 4.78 is 0. The Labute approximate surface area is 113 Å². The number of halogens is 2.